The van der Waals surface area contributed by atoms with E-state index in [0.29, 0.717) is 6.61 Å². The van der Waals surface area contributed by atoms with Gasteiger partial charge >= 0.3 is 0 Å². The van der Waals surface area contributed by atoms with E-state index in [-0.39, 0.29) is 18.5 Å². The van der Waals surface area contributed by atoms with Crippen molar-refractivity contribution in [3.63, 3.8) is 0 Å². The number of nitrogens with zero attached hydrogens (tertiary/aromatic N) is 2. The standard InChI is InChI=1S/C19H17N3O2/c23-18(14-24-13-15-7-3-1-4-8-15)22-19-20-12-11-17(21-19)16-9-5-2-6-10-16/h1-12H,13-14H2,(H,20,21,22,23). The Bertz CT molecular complexity index is 792. The monoisotopic (exact) mass is 319 g/mol. The highest BCUT2D eigenvalue weighted by molar-refractivity contribution is 5.90. The molecule has 0 atom stereocenters. The average molecular weight is 319 g/mol. The number of aromatic nitrogens is 2. The van der Waals surface area contributed by atoms with E-state index in [0.717, 1.165) is 16.8 Å². The maximum Gasteiger partial charge on any atom is 0.252 e. The van der Waals surface area contributed by atoms with E-state index in [1.807, 2.05) is 60.7 Å². The van der Waals surface area contributed by atoms with Crippen molar-refractivity contribution in [2.24, 2.45) is 0 Å². The Morgan fingerprint density at radius 2 is 1.67 bits per heavy atom. The van der Waals surface area contributed by atoms with E-state index in [1.54, 1.807) is 12.3 Å². The third-order valence-electron chi connectivity index (χ3n) is 3.32. The second-order valence-electron chi connectivity index (χ2n) is 5.16. The highest BCUT2D eigenvalue weighted by atomic mass is 16.5. The Kier molecular flexibility index (Phi) is 5.27. The number of hydrogen-bond donors (Lipinski definition) is 1. The molecule has 1 N–H and O–H groups in total. The second kappa shape index (κ2) is 7.99. The van der Waals surface area contributed by atoms with Gasteiger partial charge in [0.1, 0.15) is 6.61 Å². The zero-order valence-corrected chi connectivity index (χ0v) is 13.1. The topological polar surface area (TPSA) is 64.1 Å². The van der Waals surface area contributed by atoms with Gasteiger partial charge in [0, 0.05) is 11.8 Å². The van der Waals surface area contributed by atoms with Crippen LogP contribution in [0.15, 0.2) is 72.9 Å². The molecule has 3 rings (SSSR count). The minimum absolute atomic E-state index is 0.0478. The van der Waals surface area contributed by atoms with Crippen LogP contribution in [0.3, 0.4) is 0 Å². The largest absolute Gasteiger partial charge is 0.367 e. The van der Waals surface area contributed by atoms with Gasteiger partial charge in [-0.1, -0.05) is 60.7 Å². The van der Waals surface area contributed by atoms with Gasteiger partial charge in [0.15, 0.2) is 0 Å². The summed E-state index contributed by atoms with van der Waals surface area (Å²) >= 11 is 0. The predicted octanol–water partition coefficient (Wildman–Crippen LogP) is 3.30. The highest BCUT2D eigenvalue weighted by Crippen LogP contribution is 2.16. The Morgan fingerprint density at radius 1 is 0.958 bits per heavy atom. The van der Waals surface area contributed by atoms with Crippen LogP contribution < -0.4 is 5.32 Å². The molecule has 2 aromatic carbocycles. The fourth-order valence-electron chi connectivity index (χ4n) is 2.19. The van der Waals surface area contributed by atoms with Gasteiger partial charge in [0.25, 0.3) is 5.91 Å². The lowest BCUT2D eigenvalue weighted by Crippen LogP contribution is -2.19. The van der Waals surface area contributed by atoms with Crippen molar-refractivity contribution in [3.05, 3.63) is 78.5 Å². The van der Waals surface area contributed by atoms with Crippen LogP contribution in [0.25, 0.3) is 11.3 Å². The Labute approximate surface area is 140 Å². The van der Waals surface area contributed by atoms with Gasteiger partial charge in [0.05, 0.1) is 12.3 Å². The summed E-state index contributed by atoms with van der Waals surface area (Å²) in [7, 11) is 0. The summed E-state index contributed by atoms with van der Waals surface area (Å²) in [5, 5.41) is 2.65. The van der Waals surface area contributed by atoms with Crippen LogP contribution in [0.5, 0.6) is 0 Å². The summed E-state index contributed by atoms with van der Waals surface area (Å²) in [6.45, 7) is 0.340. The summed E-state index contributed by atoms with van der Waals surface area (Å²) in [4.78, 5) is 20.4. The van der Waals surface area contributed by atoms with Crippen LogP contribution in [0, 0.1) is 0 Å². The van der Waals surface area contributed by atoms with E-state index in [1.165, 1.54) is 0 Å². The summed E-state index contributed by atoms with van der Waals surface area (Å²) in [6, 6.07) is 21.2. The van der Waals surface area contributed by atoms with E-state index in [4.69, 9.17) is 4.74 Å². The summed E-state index contributed by atoms with van der Waals surface area (Å²) < 4.78 is 5.40. The van der Waals surface area contributed by atoms with Crippen LogP contribution >= 0.6 is 0 Å². The van der Waals surface area contributed by atoms with Gasteiger partial charge in [0.2, 0.25) is 5.95 Å². The van der Waals surface area contributed by atoms with Crippen LogP contribution in [-0.4, -0.2) is 22.5 Å². The molecule has 0 saturated heterocycles. The minimum atomic E-state index is -0.281. The summed E-state index contributed by atoms with van der Waals surface area (Å²) in [5.41, 5.74) is 2.74. The third-order valence-corrected chi connectivity index (χ3v) is 3.32. The maximum absolute atomic E-state index is 11.9. The molecule has 120 valence electrons. The van der Waals surface area contributed by atoms with Crippen LogP contribution in [0.1, 0.15) is 5.56 Å². The van der Waals surface area contributed by atoms with Gasteiger partial charge < -0.3 is 4.74 Å². The first-order valence-corrected chi connectivity index (χ1v) is 7.61. The molecule has 0 bridgehead atoms. The lowest BCUT2D eigenvalue weighted by Gasteiger charge is -2.07. The molecular weight excluding hydrogens is 302 g/mol. The molecule has 1 aromatic heterocycles. The Balaban J connectivity index is 1.55. The smallest absolute Gasteiger partial charge is 0.252 e. The SMILES string of the molecule is O=C(COCc1ccccc1)Nc1nccc(-c2ccccc2)n1. The number of carbonyl (C=O) groups excluding carboxylic acids is 1. The molecular formula is C19H17N3O2. The number of rotatable bonds is 6. The van der Waals surface area contributed by atoms with Crippen LogP contribution in [0.2, 0.25) is 0 Å². The van der Waals surface area contributed by atoms with E-state index >= 15 is 0 Å². The van der Waals surface area contributed by atoms with Gasteiger partial charge in [-0.3, -0.25) is 10.1 Å². The number of amides is 1. The summed E-state index contributed by atoms with van der Waals surface area (Å²) in [5.74, 6) is -0.0131. The first-order valence-electron chi connectivity index (χ1n) is 7.61. The molecule has 0 aliphatic heterocycles. The molecule has 3 aromatic rings. The molecule has 0 saturated carbocycles. The summed E-state index contributed by atoms with van der Waals surface area (Å²) in [6.07, 6.45) is 1.62. The third kappa shape index (κ3) is 4.47. The maximum atomic E-state index is 11.9. The predicted molar refractivity (Wildman–Crippen MR) is 92.2 cm³/mol. The van der Waals surface area contributed by atoms with Gasteiger partial charge in [-0.25, -0.2) is 9.97 Å². The molecule has 0 fully saturated rings. The van der Waals surface area contributed by atoms with Crippen molar-refractivity contribution < 1.29 is 9.53 Å². The van der Waals surface area contributed by atoms with Crippen molar-refractivity contribution in [1.29, 1.82) is 0 Å². The van der Waals surface area contributed by atoms with E-state index < -0.39 is 0 Å². The fraction of sp³-hybridized carbons (Fsp3) is 0.105. The van der Waals surface area contributed by atoms with Gasteiger partial charge in [-0.15, -0.1) is 0 Å². The van der Waals surface area contributed by atoms with E-state index in [2.05, 4.69) is 15.3 Å². The first-order chi connectivity index (χ1) is 11.8. The first kappa shape index (κ1) is 15.8. The molecule has 5 nitrogen and oxygen atoms in total. The number of hydrogen-bond acceptors (Lipinski definition) is 4. The molecule has 1 heterocycles. The van der Waals surface area contributed by atoms with Crippen LogP contribution in [0.4, 0.5) is 5.95 Å². The minimum Gasteiger partial charge on any atom is -0.367 e. The molecule has 1 amide bonds. The number of benzene rings is 2. The fourth-order valence-corrected chi connectivity index (χ4v) is 2.19. The molecule has 0 aliphatic rings. The zero-order valence-electron chi connectivity index (χ0n) is 13.1. The van der Waals surface area contributed by atoms with Gasteiger partial charge in [-0.05, 0) is 11.6 Å². The molecule has 0 unspecified atom stereocenters. The highest BCUT2D eigenvalue weighted by Gasteiger charge is 2.06. The Hall–Kier alpha value is -3.05. The average Bonchev–Trinajstić information content (AvgIpc) is 2.63. The number of ether oxygens (including phenoxy) is 1. The van der Waals surface area contributed by atoms with Crippen molar-refractivity contribution in [3.8, 4) is 11.3 Å². The molecule has 0 spiro atoms. The molecule has 24 heavy (non-hydrogen) atoms. The van der Waals surface area contributed by atoms with E-state index in [9.17, 15) is 4.79 Å². The van der Waals surface area contributed by atoms with Crippen molar-refractivity contribution >= 4 is 11.9 Å². The number of anilines is 1. The molecule has 5 heteroatoms. The van der Waals surface area contributed by atoms with Crippen LogP contribution in [-0.2, 0) is 16.1 Å². The quantitative estimate of drug-likeness (QED) is 0.757. The number of nitrogens with one attached hydrogen (secondary N) is 1. The van der Waals surface area contributed by atoms with Crippen molar-refractivity contribution in [2.45, 2.75) is 6.61 Å². The van der Waals surface area contributed by atoms with Crippen molar-refractivity contribution in [1.82, 2.24) is 9.97 Å². The molecule has 0 aliphatic carbocycles. The molecule has 0 radical (unpaired) electrons. The van der Waals surface area contributed by atoms with Crippen molar-refractivity contribution in [2.75, 3.05) is 11.9 Å². The van der Waals surface area contributed by atoms with Gasteiger partial charge in [-0.2, -0.15) is 0 Å². The lowest BCUT2D eigenvalue weighted by molar-refractivity contribution is -0.121. The number of carbonyl (C=O) groups is 1. The zero-order chi connectivity index (χ0) is 16.6. The lowest BCUT2D eigenvalue weighted by atomic mass is 10.1. The normalized spacial score (nSPS) is 10.3. The second-order valence-corrected chi connectivity index (χ2v) is 5.16. The Morgan fingerprint density at radius 3 is 2.42 bits per heavy atom.